The van der Waals surface area contributed by atoms with E-state index >= 15 is 0 Å². The van der Waals surface area contributed by atoms with Crippen molar-refractivity contribution < 1.29 is 0 Å². The predicted molar refractivity (Wildman–Crippen MR) is 70.3 cm³/mol. The molecule has 0 spiro atoms. The Labute approximate surface area is 111 Å². The standard InChI is InChI=1S/C12H16ClN5/c1-8-12(13)11(18(3)17-8)7-14-6-10-4-5-15-9(2)16-10/h4-5,14H,6-7H2,1-3H3. The summed E-state index contributed by atoms with van der Waals surface area (Å²) in [4.78, 5) is 8.39. The minimum Gasteiger partial charge on any atom is -0.305 e. The monoisotopic (exact) mass is 265 g/mol. The number of nitrogens with zero attached hydrogens (tertiary/aromatic N) is 4. The summed E-state index contributed by atoms with van der Waals surface area (Å²) in [6.07, 6.45) is 1.76. The van der Waals surface area contributed by atoms with Gasteiger partial charge in [0.25, 0.3) is 0 Å². The van der Waals surface area contributed by atoms with Gasteiger partial charge in [0, 0.05) is 26.3 Å². The number of aryl methyl sites for hydroxylation is 3. The van der Waals surface area contributed by atoms with Crippen molar-refractivity contribution in [3.05, 3.63) is 40.2 Å². The molecule has 2 rings (SSSR count). The fourth-order valence-corrected chi connectivity index (χ4v) is 2.01. The Morgan fingerprint density at radius 3 is 2.72 bits per heavy atom. The fraction of sp³-hybridized carbons (Fsp3) is 0.417. The summed E-state index contributed by atoms with van der Waals surface area (Å²) < 4.78 is 1.80. The molecule has 0 amide bonds. The van der Waals surface area contributed by atoms with Crippen LogP contribution in [-0.4, -0.2) is 19.7 Å². The Morgan fingerprint density at radius 2 is 2.11 bits per heavy atom. The van der Waals surface area contributed by atoms with Gasteiger partial charge in [-0.1, -0.05) is 11.6 Å². The summed E-state index contributed by atoms with van der Waals surface area (Å²) in [5.41, 5.74) is 2.81. The van der Waals surface area contributed by atoms with E-state index in [4.69, 9.17) is 11.6 Å². The molecule has 0 fully saturated rings. The van der Waals surface area contributed by atoms with Crippen molar-refractivity contribution in [1.82, 2.24) is 25.1 Å². The summed E-state index contributed by atoms with van der Waals surface area (Å²) in [7, 11) is 1.89. The first-order chi connectivity index (χ1) is 8.58. The largest absolute Gasteiger partial charge is 0.305 e. The molecule has 0 atom stereocenters. The van der Waals surface area contributed by atoms with Gasteiger partial charge in [-0.3, -0.25) is 4.68 Å². The third-order valence-electron chi connectivity index (χ3n) is 2.69. The van der Waals surface area contributed by atoms with Gasteiger partial charge in [0.15, 0.2) is 0 Å². The first kappa shape index (κ1) is 13.0. The summed E-state index contributed by atoms with van der Waals surface area (Å²) in [6, 6.07) is 1.90. The number of halogens is 1. The lowest BCUT2D eigenvalue weighted by Gasteiger charge is -2.05. The van der Waals surface area contributed by atoms with E-state index in [0.29, 0.717) is 13.1 Å². The Balaban J connectivity index is 1.96. The van der Waals surface area contributed by atoms with Crippen molar-refractivity contribution >= 4 is 11.6 Å². The van der Waals surface area contributed by atoms with E-state index in [2.05, 4.69) is 20.4 Å². The van der Waals surface area contributed by atoms with Crippen molar-refractivity contribution in [2.24, 2.45) is 7.05 Å². The van der Waals surface area contributed by atoms with Crippen molar-refractivity contribution in [3.63, 3.8) is 0 Å². The van der Waals surface area contributed by atoms with E-state index in [0.717, 1.165) is 27.9 Å². The Morgan fingerprint density at radius 1 is 1.33 bits per heavy atom. The van der Waals surface area contributed by atoms with Gasteiger partial charge in [-0.15, -0.1) is 0 Å². The van der Waals surface area contributed by atoms with Gasteiger partial charge in [0.1, 0.15) is 5.82 Å². The molecule has 2 aromatic rings. The third kappa shape index (κ3) is 2.86. The molecule has 96 valence electrons. The molecular formula is C12H16ClN5. The maximum absolute atomic E-state index is 6.17. The van der Waals surface area contributed by atoms with E-state index in [9.17, 15) is 0 Å². The smallest absolute Gasteiger partial charge is 0.125 e. The van der Waals surface area contributed by atoms with Crippen LogP contribution < -0.4 is 5.32 Å². The molecule has 2 heterocycles. The topological polar surface area (TPSA) is 55.6 Å². The highest BCUT2D eigenvalue weighted by molar-refractivity contribution is 6.31. The highest BCUT2D eigenvalue weighted by Crippen LogP contribution is 2.18. The van der Waals surface area contributed by atoms with Gasteiger partial charge in [0.05, 0.1) is 22.1 Å². The van der Waals surface area contributed by atoms with E-state index in [1.54, 1.807) is 10.9 Å². The maximum atomic E-state index is 6.17. The number of hydrogen-bond donors (Lipinski definition) is 1. The molecule has 6 heteroatoms. The normalized spacial score (nSPS) is 10.9. The summed E-state index contributed by atoms with van der Waals surface area (Å²) in [5, 5.41) is 8.30. The minimum absolute atomic E-state index is 0.666. The summed E-state index contributed by atoms with van der Waals surface area (Å²) in [6.45, 7) is 5.13. The Hall–Kier alpha value is -1.46. The molecule has 0 radical (unpaired) electrons. The van der Waals surface area contributed by atoms with Crippen LogP contribution in [0.1, 0.15) is 22.9 Å². The number of nitrogens with one attached hydrogen (secondary N) is 1. The quantitative estimate of drug-likeness (QED) is 0.915. The van der Waals surface area contributed by atoms with Crippen LogP contribution in [-0.2, 0) is 20.1 Å². The molecule has 0 aliphatic rings. The molecule has 1 N–H and O–H groups in total. The molecule has 0 saturated carbocycles. The molecule has 5 nitrogen and oxygen atoms in total. The zero-order valence-electron chi connectivity index (χ0n) is 10.7. The lowest BCUT2D eigenvalue weighted by Crippen LogP contribution is -2.16. The average Bonchev–Trinajstić information content (AvgIpc) is 2.56. The third-order valence-corrected chi connectivity index (χ3v) is 3.19. The molecule has 18 heavy (non-hydrogen) atoms. The highest BCUT2D eigenvalue weighted by Gasteiger charge is 2.10. The summed E-state index contributed by atoms with van der Waals surface area (Å²) in [5.74, 6) is 0.781. The Kier molecular flexibility index (Phi) is 3.93. The predicted octanol–water partition coefficient (Wildman–Crippen LogP) is 1.77. The van der Waals surface area contributed by atoms with Crippen LogP contribution in [0.4, 0.5) is 0 Å². The molecule has 2 aromatic heterocycles. The number of hydrogen-bond acceptors (Lipinski definition) is 4. The van der Waals surface area contributed by atoms with Crippen LogP contribution in [0.25, 0.3) is 0 Å². The van der Waals surface area contributed by atoms with E-state index < -0.39 is 0 Å². The zero-order valence-corrected chi connectivity index (χ0v) is 11.5. The molecule has 0 aliphatic carbocycles. The average molecular weight is 266 g/mol. The van der Waals surface area contributed by atoms with E-state index in [1.807, 2.05) is 27.0 Å². The zero-order chi connectivity index (χ0) is 13.1. The number of aromatic nitrogens is 4. The molecule has 0 aliphatic heterocycles. The Bertz CT molecular complexity index is 549. The van der Waals surface area contributed by atoms with Crippen LogP contribution in [0.3, 0.4) is 0 Å². The molecule has 0 unspecified atom stereocenters. The second kappa shape index (κ2) is 5.46. The van der Waals surface area contributed by atoms with Crippen LogP contribution in [0.15, 0.2) is 12.3 Å². The van der Waals surface area contributed by atoms with E-state index in [1.165, 1.54) is 0 Å². The second-order valence-corrected chi connectivity index (χ2v) is 4.55. The van der Waals surface area contributed by atoms with Gasteiger partial charge in [-0.05, 0) is 19.9 Å². The lowest BCUT2D eigenvalue weighted by molar-refractivity contribution is 0.617. The molecule has 0 bridgehead atoms. The SMILES string of the molecule is Cc1nccc(CNCc2c(Cl)c(C)nn2C)n1. The van der Waals surface area contributed by atoms with Crippen molar-refractivity contribution in [3.8, 4) is 0 Å². The minimum atomic E-state index is 0.666. The molecule has 0 aromatic carbocycles. The van der Waals surface area contributed by atoms with Crippen molar-refractivity contribution in [2.75, 3.05) is 0 Å². The first-order valence-electron chi connectivity index (χ1n) is 5.75. The first-order valence-corrected chi connectivity index (χ1v) is 6.13. The van der Waals surface area contributed by atoms with Crippen LogP contribution >= 0.6 is 11.6 Å². The van der Waals surface area contributed by atoms with Crippen LogP contribution in [0.2, 0.25) is 5.02 Å². The van der Waals surface area contributed by atoms with Gasteiger partial charge in [-0.2, -0.15) is 5.10 Å². The molecular weight excluding hydrogens is 250 g/mol. The summed E-state index contributed by atoms with van der Waals surface area (Å²) >= 11 is 6.17. The molecule has 0 saturated heterocycles. The van der Waals surface area contributed by atoms with E-state index in [-0.39, 0.29) is 0 Å². The second-order valence-electron chi connectivity index (χ2n) is 4.17. The fourth-order valence-electron chi connectivity index (χ4n) is 1.78. The van der Waals surface area contributed by atoms with Gasteiger partial charge in [-0.25, -0.2) is 9.97 Å². The van der Waals surface area contributed by atoms with Gasteiger partial charge in [0.2, 0.25) is 0 Å². The van der Waals surface area contributed by atoms with Crippen molar-refractivity contribution in [1.29, 1.82) is 0 Å². The van der Waals surface area contributed by atoms with Gasteiger partial charge < -0.3 is 5.32 Å². The van der Waals surface area contributed by atoms with Crippen molar-refractivity contribution in [2.45, 2.75) is 26.9 Å². The number of rotatable bonds is 4. The van der Waals surface area contributed by atoms with Crippen LogP contribution in [0.5, 0.6) is 0 Å². The highest BCUT2D eigenvalue weighted by atomic mass is 35.5. The van der Waals surface area contributed by atoms with Crippen LogP contribution in [0, 0.1) is 13.8 Å². The lowest BCUT2D eigenvalue weighted by atomic mass is 10.3. The maximum Gasteiger partial charge on any atom is 0.125 e. The van der Waals surface area contributed by atoms with Gasteiger partial charge >= 0.3 is 0 Å².